The molecule has 0 aromatic heterocycles. The molecule has 1 saturated carbocycles. The van der Waals surface area contributed by atoms with Crippen molar-refractivity contribution < 1.29 is 14.3 Å². The Labute approximate surface area is 132 Å². The van der Waals surface area contributed by atoms with E-state index in [1.807, 2.05) is 6.07 Å². The highest BCUT2D eigenvalue weighted by Gasteiger charge is 2.61. The zero-order valence-corrected chi connectivity index (χ0v) is 13.1. The lowest BCUT2D eigenvalue weighted by atomic mass is 9.79. The molecule has 0 bridgehead atoms. The molecule has 3 heteroatoms. The molecule has 3 atom stereocenters. The van der Waals surface area contributed by atoms with Crippen molar-refractivity contribution in [3.63, 3.8) is 0 Å². The number of carbonyl (C=O) groups excluding carboxylic acids is 1. The maximum atomic E-state index is 11.9. The highest BCUT2D eigenvalue weighted by atomic mass is 16.8. The van der Waals surface area contributed by atoms with Crippen molar-refractivity contribution >= 4 is 6.16 Å². The Bertz CT molecular complexity index is 568. The third kappa shape index (κ3) is 2.13. The van der Waals surface area contributed by atoms with Crippen molar-refractivity contribution in [2.75, 3.05) is 0 Å². The first kappa shape index (κ1) is 14.1. The molecular weight excluding hydrogens is 276 g/mol. The second-order valence-corrected chi connectivity index (χ2v) is 7.00. The maximum Gasteiger partial charge on any atom is 0.509 e. The average molecular weight is 300 g/mol. The standard InChI is InChI=1S/C19H24O3/c20-18-21-17-15-11-8-7-10-14(15)16-12-6-4-2-1-3-5-9-13-19(16,17)22-18/h7-8,10-11,16-17H,1-6,9,12-13H2/t16-,17+,19-/m0/s1. The zero-order valence-electron chi connectivity index (χ0n) is 13.1. The summed E-state index contributed by atoms with van der Waals surface area (Å²) < 4.78 is 11.5. The first-order valence-electron chi connectivity index (χ1n) is 8.80. The molecule has 0 unspecified atom stereocenters. The van der Waals surface area contributed by atoms with Gasteiger partial charge in [-0.05, 0) is 24.8 Å². The fourth-order valence-corrected chi connectivity index (χ4v) is 4.73. The van der Waals surface area contributed by atoms with Gasteiger partial charge in [-0.3, -0.25) is 0 Å². The van der Waals surface area contributed by atoms with Gasteiger partial charge in [0.15, 0.2) is 11.7 Å². The van der Waals surface area contributed by atoms with E-state index in [1.54, 1.807) is 0 Å². The van der Waals surface area contributed by atoms with Gasteiger partial charge in [-0.2, -0.15) is 0 Å². The van der Waals surface area contributed by atoms with Crippen LogP contribution >= 0.6 is 0 Å². The second-order valence-electron chi connectivity index (χ2n) is 7.00. The molecule has 2 fully saturated rings. The second kappa shape index (κ2) is 5.60. The minimum absolute atomic E-state index is 0.193. The summed E-state index contributed by atoms with van der Waals surface area (Å²) in [5, 5.41) is 0. The number of hydrogen-bond donors (Lipinski definition) is 0. The third-order valence-electron chi connectivity index (χ3n) is 5.74. The van der Waals surface area contributed by atoms with Crippen LogP contribution in [0.1, 0.15) is 80.9 Å². The fourth-order valence-electron chi connectivity index (χ4n) is 4.73. The largest absolute Gasteiger partial charge is 0.509 e. The summed E-state index contributed by atoms with van der Waals surface area (Å²) in [6.45, 7) is 0. The normalized spacial score (nSPS) is 34.6. The van der Waals surface area contributed by atoms with Crippen molar-refractivity contribution in [1.82, 2.24) is 0 Å². The third-order valence-corrected chi connectivity index (χ3v) is 5.74. The Hall–Kier alpha value is -1.51. The van der Waals surface area contributed by atoms with Gasteiger partial charge < -0.3 is 9.47 Å². The molecule has 2 aliphatic carbocycles. The summed E-state index contributed by atoms with van der Waals surface area (Å²) in [6.07, 6.45) is 10.2. The van der Waals surface area contributed by atoms with Crippen LogP contribution in [0.5, 0.6) is 0 Å². The van der Waals surface area contributed by atoms with Crippen LogP contribution in [0.15, 0.2) is 24.3 Å². The minimum atomic E-state index is -0.473. The quantitative estimate of drug-likeness (QED) is 0.613. The van der Waals surface area contributed by atoms with Crippen LogP contribution < -0.4 is 0 Å². The van der Waals surface area contributed by atoms with Crippen LogP contribution in [-0.2, 0) is 9.47 Å². The van der Waals surface area contributed by atoms with E-state index in [0.29, 0.717) is 5.92 Å². The average Bonchev–Trinajstić information content (AvgIpc) is 2.95. The lowest BCUT2D eigenvalue weighted by Gasteiger charge is -2.32. The van der Waals surface area contributed by atoms with Crippen molar-refractivity contribution in [2.45, 2.75) is 75.4 Å². The van der Waals surface area contributed by atoms with E-state index in [4.69, 9.17) is 9.47 Å². The van der Waals surface area contributed by atoms with E-state index in [9.17, 15) is 4.79 Å². The van der Waals surface area contributed by atoms with E-state index >= 15 is 0 Å². The molecule has 1 spiro atoms. The summed E-state index contributed by atoms with van der Waals surface area (Å²) in [6, 6.07) is 8.46. The smallest absolute Gasteiger partial charge is 0.423 e. The summed E-state index contributed by atoms with van der Waals surface area (Å²) in [5.74, 6) is 0.304. The van der Waals surface area contributed by atoms with Gasteiger partial charge in [0, 0.05) is 11.5 Å². The van der Waals surface area contributed by atoms with Gasteiger partial charge in [0.25, 0.3) is 0 Å². The molecule has 0 radical (unpaired) electrons. The molecule has 1 saturated heterocycles. The number of benzene rings is 1. The SMILES string of the molecule is O=C1O[C@@H]2c3ccccc3[C@@H]3CCCCCCCCC[C@@]23O1. The molecule has 3 aliphatic rings. The highest BCUT2D eigenvalue weighted by molar-refractivity contribution is 5.66. The molecule has 4 rings (SSSR count). The van der Waals surface area contributed by atoms with Gasteiger partial charge in [0.2, 0.25) is 0 Å². The van der Waals surface area contributed by atoms with Crippen LogP contribution in [-0.4, -0.2) is 11.8 Å². The molecule has 0 amide bonds. The molecule has 3 nitrogen and oxygen atoms in total. The van der Waals surface area contributed by atoms with E-state index in [0.717, 1.165) is 19.3 Å². The predicted octanol–water partition coefficient (Wildman–Crippen LogP) is 5.26. The van der Waals surface area contributed by atoms with Crippen molar-refractivity contribution in [1.29, 1.82) is 0 Å². The molecule has 22 heavy (non-hydrogen) atoms. The van der Waals surface area contributed by atoms with Crippen LogP contribution in [0.3, 0.4) is 0 Å². The topological polar surface area (TPSA) is 35.5 Å². The number of fused-ring (bicyclic) bond motifs is 3. The van der Waals surface area contributed by atoms with Crippen LogP contribution in [0, 0.1) is 0 Å². The Kier molecular flexibility index (Phi) is 3.59. The number of ether oxygens (including phenoxy) is 2. The van der Waals surface area contributed by atoms with Crippen molar-refractivity contribution in [2.24, 2.45) is 0 Å². The monoisotopic (exact) mass is 300 g/mol. The van der Waals surface area contributed by atoms with E-state index < -0.39 is 11.8 Å². The lowest BCUT2D eigenvalue weighted by molar-refractivity contribution is 0.00275. The summed E-state index contributed by atoms with van der Waals surface area (Å²) in [7, 11) is 0. The Morgan fingerprint density at radius 2 is 1.59 bits per heavy atom. The zero-order chi connectivity index (χ0) is 15.0. The Morgan fingerprint density at radius 1 is 0.909 bits per heavy atom. The van der Waals surface area contributed by atoms with Crippen LogP contribution in [0.25, 0.3) is 0 Å². The molecule has 1 aromatic rings. The van der Waals surface area contributed by atoms with Gasteiger partial charge in [-0.1, -0.05) is 62.8 Å². The van der Waals surface area contributed by atoms with Crippen molar-refractivity contribution in [3.05, 3.63) is 35.4 Å². The molecule has 118 valence electrons. The first-order chi connectivity index (χ1) is 10.8. The van der Waals surface area contributed by atoms with E-state index in [2.05, 4.69) is 18.2 Å². The molecule has 1 heterocycles. The van der Waals surface area contributed by atoms with E-state index in [-0.39, 0.29) is 6.10 Å². The molecule has 1 aliphatic heterocycles. The van der Waals surface area contributed by atoms with Crippen molar-refractivity contribution in [3.8, 4) is 0 Å². The Balaban J connectivity index is 1.73. The highest BCUT2D eigenvalue weighted by Crippen LogP contribution is 2.59. The lowest BCUT2D eigenvalue weighted by Crippen LogP contribution is -2.36. The Morgan fingerprint density at radius 3 is 2.41 bits per heavy atom. The first-order valence-corrected chi connectivity index (χ1v) is 8.80. The summed E-state index contributed by atoms with van der Waals surface area (Å²) >= 11 is 0. The summed E-state index contributed by atoms with van der Waals surface area (Å²) in [5.41, 5.74) is 2.08. The van der Waals surface area contributed by atoms with Gasteiger partial charge in [-0.25, -0.2) is 4.79 Å². The fraction of sp³-hybridized carbons (Fsp3) is 0.632. The van der Waals surface area contributed by atoms with E-state index in [1.165, 1.54) is 49.7 Å². The van der Waals surface area contributed by atoms with Crippen LogP contribution in [0.2, 0.25) is 0 Å². The number of carbonyl (C=O) groups is 1. The van der Waals surface area contributed by atoms with Gasteiger partial charge in [0.1, 0.15) is 0 Å². The minimum Gasteiger partial charge on any atom is -0.423 e. The maximum absolute atomic E-state index is 11.9. The number of rotatable bonds is 0. The molecular formula is C19H24O3. The molecule has 0 N–H and O–H groups in total. The molecule has 1 aromatic carbocycles. The summed E-state index contributed by atoms with van der Waals surface area (Å²) in [4.78, 5) is 11.9. The predicted molar refractivity (Wildman–Crippen MR) is 83.8 cm³/mol. The van der Waals surface area contributed by atoms with Crippen LogP contribution in [0.4, 0.5) is 4.79 Å². The van der Waals surface area contributed by atoms with Gasteiger partial charge >= 0.3 is 6.16 Å². The van der Waals surface area contributed by atoms with Gasteiger partial charge in [-0.15, -0.1) is 0 Å². The van der Waals surface area contributed by atoms with Gasteiger partial charge in [0.05, 0.1) is 0 Å². The number of hydrogen-bond acceptors (Lipinski definition) is 3.